The van der Waals surface area contributed by atoms with E-state index in [1.807, 2.05) is 12.1 Å². The van der Waals surface area contributed by atoms with Crippen molar-refractivity contribution in [3.63, 3.8) is 0 Å². The average Bonchev–Trinajstić information content (AvgIpc) is 3.22. The molecule has 1 aliphatic rings. The Hall–Kier alpha value is -2.56. The largest absolute Gasteiger partial charge is 0.506 e. The highest BCUT2D eigenvalue weighted by Gasteiger charge is 2.28. The van der Waals surface area contributed by atoms with Gasteiger partial charge in [-0.3, -0.25) is 4.98 Å². The molecule has 0 spiro atoms. The maximum Gasteiger partial charge on any atom is 0.141 e. The lowest BCUT2D eigenvalue weighted by atomic mass is 10.1. The van der Waals surface area contributed by atoms with Gasteiger partial charge in [0.05, 0.1) is 17.4 Å². The third-order valence-electron chi connectivity index (χ3n) is 3.69. The minimum absolute atomic E-state index is 0.101. The molecule has 2 aromatic heterocycles. The molecule has 5 nitrogen and oxygen atoms in total. The summed E-state index contributed by atoms with van der Waals surface area (Å²) in [7, 11) is 0. The maximum absolute atomic E-state index is 9.56. The number of hydrogen-bond donors (Lipinski definition) is 2. The van der Waals surface area contributed by atoms with E-state index in [0.717, 1.165) is 22.4 Å². The van der Waals surface area contributed by atoms with Gasteiger partial charge in [0.2, 0.25) is 0 Å². The zero-order chi connectivity index (χ0) is 13.7. The van der Waals surface area contributed by atoms with Crippen LogP contribution in [0.1, 0.15) is 18.9 Å². The Balaban J connectivity index is 1.98. The molecule has 1 saturated carbocycles. The number of imidazole rings is 1. The molecular weight excluding hydrogens is 252 g/mol. The maximum atomic E-state index is 9.56. The Labute approximate surface area is 115 Å². The van der Waals surface area contributed by atoms with E-state index in [4.69, 9.17) is 5.73 Å². The molecule has 5 heteroatoms. The van der Waals surface area contributed by atoms with Crippen molar-refractivity contribution in [1.29, 1.82) is 0 Å². The van der Waals surface area contributed by atoms with Crippen LogP contribution >= 0.6 is 0 Å². The van der Waals surface area contributed by atoms with Gasteiger partial charge < -0.3 is 15.4 Å². The Morgan fingerprint density at radius 3 is 2.85 bits per heavy atom. The van der Waals surface area contributed by atoms with Gasteiger partial charge in [-0.25, -0.2) is 4.98 Å². The average molecular weight is 266 g/mol. The third kappa shape index (κ3) is 1.63. The molecule has 3 N–H and O–H groups in total. The first-order chi connectivity index (χ1) is 9.74. The lowest BCUT2D eigenvalue weighted by Gasteiger charge is -2.08. The first kappa shape index (κ1) is 11.3. The number of nitrogens with zero attached hydrogens (tertiary/aromatic N) is 3. The van der Waals surface area contributed by atoms with Crippen molar-refractivity contribution in [1.82, 2.24) is 14.5 Å². The number of hydrogen-bond acceptors (Lipinski definition) is 4. The molecule has 0 aliphatic heterocycles. The zero-order valence-corrected chi connectivity index (χ0v) is 10.8. The molecule has 0 unspecified atom stereocenters. The van der Waals surface area contributed by atoms with Gasteiger partial charge in [0.15, 0.2) is 0 Å². The molecule has 2 heterocycles. The second-order valence-electron chi connectivity index (χ2n) is 5.17. The van der Waals surface area contributed by atoms with Gasteiger partial charge in [0.25, 0.3) is 0 Å². The van der Waals surface area contributed by atoms with Crippen LogP contribution in [0.5, 0.6) is 5.75 Å². The van der Waals surface area contributed by atoms with Crippen molar-refractivity contribution < 1.29 is 5.11 Å². The van der Waals surface area contributed by atoms with Crippen LogP contribution in [0.25, 0.3) is 22.4 Å². The summed E-state index contributed by atoms with van der Waals surface area (Å²) in [6.07, 6.45) is 5.92. The van der Waals surface area contributed by atoms with Crippen molar-refractivity contribution >= 4 is 16.7 Å². The number of rotatable bonds is 2. The monoisotopic (exact) mass is 266 g/mol. The summed E-state index contributed by atoms with van der Waals surface area (Å²) < 4.78 is 2.25. The number of phenols is 1. The summed E-state index contributed by atoms with van der Waals surface area (Å²) in [5.41, 5.74) is 9.08. The molecule has 100 valence electrons. The predicted octanol–water partition coefficient (Wildman–Crippen LogP) is 2.72. The summed E-state index contributed by atoms with van der Waals surface area (Å²) in [6, 6.07) is 7.72. The van der Waals surface area contributed by atoms with Crippen LogP contribution in [-0.4, -0.2) is 19.6 Å². The standard InChI is InChI=1S/C15H14N4O/c16-11-7-9(1-4-14(11)20)15-18-12-8-17-6-5-13(12)19(15)10-2-3-10/h1,4-8,10,20H,2-3,16H2. The number of benzene rings is 1. The van der Waals surface area contributed by atoms with E-state index in [1.165, 1.54) is 12.8 Å². The minimum atomic E-state index is 0.101. The normalized spacial score (nSPS) is 14.8. The van der Waals surface area contributed by atoms with Crippen LogP contribution in [0.3, 0.4) is 0 Å². The Kier molecular flexibility index (Phi) is 2.24. The summed E-state index contributed by atoms with van der Waals surface area (Å²) >= 11 is 0. The van der Waals surface area contributed by atoms with Gasteiger partial charge in [-0.2, -0.15) is 0 Å². The summed E-state index contributed by atoms with van der Waals surface area (Å²) in [6.45, 7) is 0. The fourth-order valence-electron chi connectivity index (χ4n) is 2.55. The van der Waals surface area contributed by atoms with Crippen LogP contribution in [0.4, 0.5) is 5.69 Å². The lowest BCUT2D eigenvalue weighted by molar-refractivity contribution is 0.478. The van der Waals surface area contributed by atoms with Gasteiger partial charge in [0, 0.05) is 17.8 Å². The SMILES string of the molecule is Nc1cc(-c2nc3cnccc3n2C2CC2)ccc1O. The molecule has 0 bridgehead atoms. The van der Waals surface area contributed by atoms with E-state index in [1.54, 1.807) is 24.5 Å². The number of fused-ring (bicyclic) bond motifs is 1. The number of aromatic nitrogens is 3. The first-order valence-electron chi connectivity index (χ1n) is 6.65. The minimum Gasteiger partial charge on any atom is -0.506 e. The molecule has 3 aromatic rings. The molecule has 20 heavy (non-hydrogen) atoms. The van der Waals surface area contributed by atoms with Gasteiger partial charge >= 0.3 is 0 Å². The van der Waals surface area contributed by atoms with E-state index in [-0.39, 0.29) is 5.75 Å². The number of nitrogens with two attached hydrogens (primary N) is 1. The quantitative estimate of drug-likeness (QED) is 0.552. The zero-order valence-electron chi connectivity index (χ0n) is 10.8. The van der Waals surface area contributed by atoms with Crippen LogP contribution in [0.2, 0.25) is 0 Å². The van der Waals surface area contributed by atoms with Crippen LogP contribution in [0, 0.1) is 0 Å². The van der Waals surface area contributed by atoms with Crippen molar-refractivity contribution in [2.75, 3.05) is 5.73 Å². The number of aromatic hydroxyl groups is 1. The molecule has 1 aromatic carbocycles. The fourth-order valence-corrected chi connectivity index (χ4v) is 2.55. The fraction of sp³-hybridized carbons (Fsp3) is 0.200. The Bertz CT molecular complexity index is 805. The first-order valence-corrected chi connectivity index (χ1v) is 6.65. The van der Waals surface area contributed by atoms with Crippen molar-refractivity contribution in [3.05, 3.63) is 36.7 Å². The van der Waals surface area contributed by atoms with Crippen molar-refractivity contribution in [3.8, 4) is 17.1 Å². The molecule has 0 saturated heterocycles. The van der Waals surface area contributed by atoms with Crippen LogP contribution in [-0.2, 0) is 0 Å². The van der Waals surface area contributed by atoms with Gasteiger partial charge in [0.1, 0.15) is 17.1 Å². The van der Waals surface area contributed by atoms with E-state index in [2.05, 4.69) is 14.5 Å². The molecule has 1 fully saturated rings. The third-order valence-corrected chi connectivity index (χ3v) is 3.69. The highest BCUT2D eigenvalue weighted by molar-refractivity contribution is 5.81. The number of anilines is 1. The van der Waals surface area contributed by atoms with Crippen LogP contribution < -0.4 is 5.73 Å². The Morgan fingerprint density at radius 1 is 1.25 bits per heavy atom. The number of phenolic OH excluding ortho intramolecular Hbond substituents is 1. The summed E-state index contributed by atoms with van der Waals surface area (Å²) in [5.74, 6) is 0.992. The summed E-state index contributed by atoms with van der Waals surface area (Å²) in [4.78, 5) is 8.81. The van der Waals surface area contributed by atoms with E-state index < -0.39 is 0 Å². The topological polar surface area (TPSA) is 77.0 Å². The molecule has 0 amide bonds. The Morgan fingerprint density at radius 2 is 2.10 bits per heavy atom. The van der Waals surface area contributed by atoms with Crippen molar-refractivity contribution in [2.24, 2.45) is 0 Å². The highest BCUT2D eigenvalue weighted by Crippen LogP contribution is 2.41. The van der Waals surface area contributed by atoms with Gasteiger partial charge in [-0.15, -0.1) is 0 Å². The van der Waals surface area contributed by atoms with Gasteiger partial charge in [-0.1, -0.05) is 0 Å². The van der Waals surface area contributed by atoms with E-state index in [0.29, 0.717) is 11.7 Å². The molecule has 1 aliphatic carbocycles. The number of pyridine rings is 1. The molecule has 0 atom stereocenters. The second kappa shape index (κ2) is 3.96. The lowest BCUT2D eigenvalue weighted by Crippen LogP contribution is -1.98. The van der Waals surface area contributed by atoms with Gasteiger partial charge in [-0.05, 0) is 37.1 Å². The van der Waals surface area contributed by atoms with E-state index >= 15 is 0 Å². The summed E-state index contributed by atoms with van der Waals surface area (Å²) in [5, 5.41) is 9.56. The molecule has 4 rings (SSSR count). The van der Waals surface area contributed by atoms with E-state index in [9.17, 15) is 5.11 Å². The predicted molar refractivity (Wildman–Crippen MR) is 77.3 cm³/mol. The second-order valence-corrected chi connectivity index (χ2v) is 5.17. The van der Waals surface area contributed by atoms with Crippen molar-refractivity contribution in [2.45, 2.75) is 18.9 Å². The molecule has 0 radical (unpaired) electrons. The molecular formula is C15H14N4O. The number of nitrogen functional groups attached to an aromatic ring is 1. The highest BCUT2D eigenvalue weighted by atomic mass is 16.3. The van der Waals surface area contributed by atoms with Crippen LogP contribution in [0.15, 0.2) is 36.7 Å². The smallest absolute Gasteiger partial charge is 0.141 e.